The quantitative estimate of drug-likeness (QED) is 0.466. The summed E-state index contributed by atoms with van der Waals surface area (Å²) in [5.41, 5.74) is 6.51. The number of benzene rings is 1. The van der Waals surface area contributed by atoms with Crippen LogP contribution in [0.25, 0.3) is 0 Å². The summed E-state index contributed by atoms with van der Waals surface area (Å²) in [5.74, 6) is -0.523. The predicted octanol–water partition coefficient (Wildman–Crippen LogP) is 4.57. The summed E-state index contributed by atoms with van der Waals surface area (Å²) in [4.78, 5) is 18.0. The summed E-state index contributed by atoms with van der Waals surface area (Å²) < 4.78 is 43.3. The van der Waals surface area contributed by atoms with E-state index in [1.807, 2.05) is 11.7 Å². The molecule has 0 fully saturated rings. The van der Waals surface area contributed by atoms with Gasteiger partial charge in [-0.25, -0.2) is 9.78 Å². The second kappa shape index (κ2) is 11.9. The van der Waals surface area contributed by atoms with Crippen molar-refractivity contribution in [1.82, 2.24) is 19.1 Å². The van der Waals surface area contributed by atoms with Crippen LogP contribution in [0.5, 0.6) is 0 Å². The van der Waals surface area contributed by atoms with E-state index in [-0.39, 0.29) is 0 Å². The van der Waals surface area contributed by atoms with Crippen molar-refractivity contribution in [3.8, 4) is 0 Å². The highest BCUT2D eigenvalue weighted by Crippen LogP contribution is 2.41. The maximum Gasteiger partial charge on any atom is 0.490 e. The first-order valence-corrected chi connectivity index (χ1v) is 12.4. The van der Waals surface area contributed by atoms with Crippen LogP contribution in [0.3, 0.4) is 0 Å². The van der Waals surface area contributed by atoms with E-state index in [0.717, 1.165) is 42.6 Å². The average molecular weight is 541 g/mol. The summed E-state index contributed by atoms with van der Waals surface area (Å²) in [6, 6.07) is 4.53. The van der Waals surface area contributed by atoms with Gasteiger partial charge in [0.1, 0.15) is 17.2 Å². The van der Waals surface area contributed by atoms with Crippen molar-refractivity contribution in [1.29, 1.82) is 0 Å². The summed E-state index contributed by atoms with van der Waals surface area (Å²) in [6.45, 7) is 9.70. The van der Waals surface area contributed by atoms with Crippen LogP contribution >= 0.6 is 11.5 Å². The van der Waals surface area contributed by atoms with E-state index in [2.05, 4.69) is 52.1 Å². The van der Waals surface area contributed by atoms with Crippen LogP contribution in [-0.2, 0) is 29.5 Å². The molecule has 37 heavy (non-hydrogen) atoms. The number of hydrogen-bond acceptors (Lipinski definition) is 8. The molecule has 3 heterocycles. The Morgan fingerprint density at radius 2 is 1.89 bits per heavy atom. The molecule has 0 saturated heterocycles. The van der Waals surface area contributed by atoms with E-state index in [0.29, 0.717) is 13.2 Å². The molecule has 13 heteroatoms. The van der Waals surface area contributed by atoms with Crippen molar-refractivity contribution < 1.29 is 27.8 Å². The third-order valence-corrected chi connectivity index (χ3v) is 6.55. The van der Waals surface area contributed by atoms with Gasteiger partial charge in [0.2, 0.25) is 0 Å². The van der Waals surface area contributed by atoms with Gasteiger partial charge in [-0.05, 0) is 56.3 Å². The number of anilines is 3. The number of aromatic nitrogens is 4. The molecular weight excluding hydrogens is 509 g/mol. The fraction of sp³-hybridized carbons (Fsp3) is 0.500. The van der Waals surface area contributed by atoms with Gasteiger partial charge >= 0.3 is 12.1 Å². The van der Waals surface area contributed by atoms with Crippen molar-refractivity contribution in [3.05, 3.63) is 45.7 Å². The highest BCUT2D eigenvalue weighted by molar-refractivity contribution is 7.05. The normalized spacial score (nSPS) is 13.1. The summed E-state index contributed by atoms with van der Waals surface area (Å²) in [5, 5.41) is 13.1. The third-order valence-electron chi connectivity index (χ3n) is 5.90. The number of carbonyl (C=O) groups is 1. The summed E-state index contributed by atoms with van der Waals surface area (Å²) >= 11 is 1.44. The maximum atomic E-state index is 10.6. The Morgan fingerprint density at radius 3 is 2.43 bits per heavy atom. The van der Waals surface area contributed by atoms with Gasteiger partial charge in [-0.1, -0.05) is 17.7 Å². The monoisotopic (exact) mass is 540 g/mol. The molecule has 1 aliphatic rings. The molecule has 4 rings (SSSR count). The Hall–Kier alpha value is -3.19. The number of nitrogens with zero attached hydrogens (tertiary/aromatic N) is 6. The molecule has 0 unspecified atom stereocenters. The minimum Gasteiger partial charge on any atom is -0.475 e. The van der Waals surface area contributed by atoms with E-state index in [4.69, 9.17) is 19.7 Å². The number of carboxylic acids is 1. The zero-order chi connectivity index (χ0) is 27.3. The van der Waals surface area contributed by atoms with E-state index in [1.54, 1.807) is 13.4 Å². The number of aliphatic carboxylic acids is 1. The van der Waals surface area contributed by atoms with Crippen LogP contribution in [0.4, 0.5) is 30.5 Å². The Morgan fingerprint density at radius 1 is 1.24 bits per heavy atom. The molecule has 0 bridgehead atoms. The lowest BCUT2D eigenvalue weighted by molar-refractivity contribution is -0.192. The molecule has 1 N–H and O–H groups in total. The lowest BCUT2D eigenvalue weighted by atomic mass is 10.0. The number of halogens is 3. The first-order valence-electron chi connectivity index (χ1n) is 11.6. The molecule has 1 aliphatic heterocycles. The van der Waals surface area contributed by atoms with Crippen LogP contribution in [0.1, 0.15) is 33.7 Å². The van der Waals surface area contributed by atoms with E-state index < -0.39 is 12.1 Å². The molecule has 0 spiro atoms. The zero-order valence-electron chi connectivity index (χ0n) is 21.5. The molecule has 2 aromatic heterocycles. The van der Waals surface area contributed by atoms with Gasteiger partial charge in [-0.2, -0.15) is 22.6 Å². The first-order chi connectivity index (χ1) is 17.4. The molecule has 1 aromatic carbocycles. The Balaban J connectivity index is 0.000000479. The van der Waals surface area contributed by atoms with E-state index >= 15 is 0 Å². The maximum absolute atomic E-state index is 10.6. The van der Waals surface area contributed by atoms with Crippen molar-refractivity contribution in [2.24, 2.45) is 7.05 Å². The minimum absolute atomic E-state index is 0.651. The van der Waals surface area contributed by atoms with Crippen LogP contribution in [0.2, 0.25) is 0 Å². The second-order valence-corrected chi connectivity index (χ2v) is 9.67. The van der Waals surface area contributed by atoms with E-state index in [1.165, 1.54) is 39.5 Å². The van der Waals surface area contributed by atoms with Crippen LogP contribution in [-0.4, -0.2) is 63.2 Å². The molecule has 0 amide bonds. The van der Waals surface area contributed by atoms with Crippen LogP contribution in [0.15, 0.2) is 18.5 Å². The van der Waals surface area contributed by atoms with E-state index in [9.17, 15) is 13.2 Å². The number of alkyl halides is 3. The molecule has 3 aromatic rings. The highest BCUT2D eigenvalue weighted by Gasteiger charge is 2.38. The molecule has 0 radical (unpaired) electrons. The van der Waals surface area contributed by atoms with Crippen LogP contribution < -0.4 is 9.80 Å². The zero-order valence-corrected chi connectivity index (χ0v) is 22.3. The number of fused-ring (bicyclic) bond motifs is 1. The second-order valence-electron chi connectivity index (χ2n) is 8.80. The Bertz CT molecular complexity index is 1190. The summed E-state index contributed by atoms with van der Waals surface area (Å²) in [7, 11) is 3.78. The fourth-order valence-electron chi connectivity index (χ4n) is 4.61. The number of aryl methyl sites for hydroxylation is 4. The number of methoxy groups -OCH3 is 1. The average Bonchev–Trinajstić information content (AvgIpc) is 3.43. The third kappa shape index (κ3) is 6.77. The minimum atomic E-state index is -5.08. The SMILES string of the molecule is COCCN(Cc1ncns1)c1c2c(nn1C)N(c1c(C)cc(C)cc1C)CCC2.O=C(O)C(F)(F)F. The van der Waals surface area contributed by atoms with Gasteiger partial charge in [0, 0.05) is 38.5 Å². The predicted molar refractivity (Wildman–Crippen MR) is 136 cm³/mol. The smallest absolute Gasteiger partial charge is 0.475 e. The van der Waals surface area contributed by atoms with Gasteiger partial charge in [-0.3, -0.25) is 4.68 Å². The van der Waals surface area contributed by atoms with Gasteiger partial charge in [0.25, 0.3) is 0 Å². The van der Waals surface area contributed by atoms with Crippen molar-refractivity contribution in [2.75, 3.05) is 36.6 Å². The standard InChI is InChI=1S/C22H30N6OS.C2HF3O2/c1-15-11-16(2)20(17(3)12-15)28-8-6-7-18-21(28)25-26(4)22(18)27(9-10-29-5)13-19-23-14-24-30-19;3-2(4,5)1(6)7/h11-12,14H,6-10,13H2,1-5H3;(H,6,7). The van der Waals surface area contributed by atoms with Gasteiger partial charge in [0.15, 0.2) is 5.82 Å². The largest absolute Gasteiger partial charge is 0.490 e. The number of rotatable bonds is 7. The number of ether oxygens (including phenoxy) is 1. The molecule has 0 atom stereocenters. The molecular formula is C24H31F3N6O3S. The molecule has 0 aliphatic carbocycles. The number of hydrogen-bond donors (Lipinski definition) is 1. The number of carboxylic acid groups (broad SMARTS) is 1. The lowest BCUT2D eigenvalue weighted by Crippen LogP contribution is -2.30. The molecule has 202 valence electrons. The Labute approximate surface area is 217 Å². The fourth-order valence-corrected chi connectivity index (χ4v) is 5.13. The van der Waals surface area contributed by atoms with Crippen molar-refractivity contribution in [2.45, 2.75) is 46.3 Å². The summed E-state index contributed by atoms with van der Waals surface area (Å²) in [6.07, 6.45) is -1.33. The Kier molecular flexibility index (Phi) is 9.13. The van der Waals surface area contributed by atoms with Gasteiger partial charge in [0.05, 0.1) is 13.2 Å². The highest BCUT2D eigenvalue weighted by atomic mass is 32.1. The van der Waals surface area contributed by atoms with Crippen LogP contribution in [0, 0.1) is 20.8 Å². The topological polar surface area (TPSA) is 96.6 Å². The van der Waals surface area contributed by atoms with Gasteiger partial charge in [-0.15, -0.1) is 0 Å². The molecule has 0 saturated carbocycles. The first kappa shape index (κ1) is 28.4. The van der Waals surface area contributed by atoms with Gasteiger partial charge < -0.3 is 19.6 Å². The van der Waals surface area contributed by atoms with Crippen molar-refractivity contribution >= 4 is 34.8 Å². The molecule has 9 nitrogen and oxygen atoms in total. The van der Waals surface area contributed by atoms with Crippen molar-refractivity contribution in [3.63, 3.8) is 0 Å². The lowest BCUT2D eigenvalue weighted by Gasteiger charge is -2.32.